The van der Waals surface area contributed by atoms with Crippen molar-refractivity contribution in [2.45, 2.75) is 12.5 Å². The maximum atomic E-state index is 13.6. The molecule has 34 heavy (non-hydrogen) atoms. The molecule has 0 spiro atoms. The zero-order chi connectivity index (χ0) is 23.7. The second-order valence-corrected chi connectivity index (χ2v) is 8.55. The van der Waals surface area contributed by atoms with Crippen molar-refractivity contribution in [1.29, 1.82) is 0 Å². The normalized spacial score (nSPS) is 14.9. The number of amides is 1. The van der Waals surface area contributed by atoms with Gasteiger partial charge in [-0.1, -0.05) is 54.1 Å². The lowest BCUT2D eigenvalue weighted by atomic mass is 9.95. The van der Waals surface area contributed by atoms with Gasteiger partial charge < -0.3 is 14.4 Å². The zero-order valence-electron chi connectivity index (χ0n) is 18.9. The van der Waals surface area contributed by atoms with Crippen LogP contribution in [0.15, 0.2) is 72.8 Å². The summed E-state index contributed by atoms with van der Waals surface area (Å²) < 4.78 is 11.1. The predicted molar refractivity (Wildman–Crippen MR) is 132 cm³/mol. The molecule has 4 aromatic rings. The Bertz CT molecular complexity index is 1320. The van der Waals surface area contributed by atoms with Crippen LogP contribution >= 0.6 is 11.6 Å². The van der Waals surface area contributed by atoms with Gasteiger partial charge in [0, 0.05) is 34.3 Å². The summed E-state index contributed by atoms with van der Waals surface area (Å²) in [6.45, 7) is 0.547. The average molecular weight is 474 g/mol. The van der Waals surface area contributed by atoms with Crippen molar-refractivity contribution >= 4 is 17.5 Å². The minimum absolute atomic E-state index is 0.0819. The highest BCUT2D eigenvalue weighted by Crippen LogP contribution is 2.46. The van der Waals surface area contributed by atoms with E-state index in [0.717, 1.165) is 28.8 Å². The number of nitrogens with zero attached hydrogens (tertiary/aromatic N) is 2. The van der Waals surface area contributed by atoms with Crippen LogP contribution in [0.4, 0.5) is 0 Å². The number of fused-ring (bicyclic) bond motifs is 1. The molecule has 0 saturated heterocycles. The Morgan fingerprint density at radius 3 is 2.47 bits per heavy atom. The molecule has 1 unspecified atom stereocenters. The van der Waals surface area contributed by atoms with Gasteiger partial charge in [0.2, 0.25) is 0 Å². The number of aromatic nitrogens is 2. The Labute approximate surface area is 203 Å². The second-order valence-electron chi connectivity index (χ2n) is 8.11. The van der Waals surface area contributed by atoms with Crippen molar-refractivity contribution in [3.05, 3.63) is 100 Å². The number of hydrogen-bond donors (Lipinski definition) is 1. The maximum Gasteiger partial charge on any atom is 0.273 e. The van der Waals surface area contributed by atoms with Crippen LogP contribution in [-0.2, 0) is 6.42 Å². The van der Waals surface area contributed by atoms with Gasteiger partial charge in [0.05, 0.1) is 26.0 Å². The van der Waals surface area contributed by atoms with E-state index in [0.29, 0.717) is 28.8 Å². The molecule has 0 bridgehead atoms. The third kappa shape index (κ3) is 3.90. The fourth-order valence-electron chi connectivity index (χ4n) is 4.52. The Kier molecular flexibility index (Phi) is 5.99. The number of hydrogen-bond acceptors (Lipinski definition) is 4. The van der Waals surface area contributed by atoms with Crippen molar-refractivity contribution in [3.8, 4) is 22.8 Å². The summed E-state index contributed by atoms with van der Waals surface area (Å²) in [5.74, 6) is 1.26. The van der Waals surface area contributed by atoms with E-state index < -0.39 is 0 Å². The molecule has 172 valence electrons. The SMILES string of the molecule is COc1ccc(C2c3c(-c4ccc(Cl)cc4)n[nH]c3C(=O)N2CCc2ccccc2)c(OC)c1. The van der Waals surface area contributed by atoms with E-state index in [4.69, 9.17) is 21.1 Å². The van der Waals surface area contributed by atoms with Crippen LogP contribution in [0.3, 0.4) is 0 Å². The minimum atomic E-state index is -0.364. The van der Waals surface area contributed by atoms with Gasteiger partial charge in [0.1, 0.15) is 17.2 Å². The highest BCUT2D eigenvalue weighted by molar-refractivity contribution is 6.30. The highest BCUT2D eigenvalue weighted by Gasteiger charge is 2.43. The first-order chi connectivity index (χ1) is 16.6. The molecule has 1 aliphatic heterocycles. The van der Waals surface area contributed by atoms with E-state index in [1.807, 2.05) is 65.6 Å². The lowest BCUT2D eigenvalue weighted by Gasteiger charge is -2.28. The van der Waals surface area contributed by atoms with E-state index in [-0.39, 0.29) is 11.9 Å². The predicted octanol–water partition coefficient (Wildman–Crippen LogP) is 5.54. The molecule has 0 fully saturated rings. The summed E-state index contributed by atoms with van der Waals surface area (Å²) >= 11 is 6.11. The van der Waals surface area contributed by atoms with Gasteiger partial charge in [-0.05, 0) is 36.2 Å². The third-order valence-corrected chi connectivity index (χ3v) is 6.45. The lowest BCUT2D eigenvalue weighted by Crippen LogP contribution is -2.31. The van der Waals surface area contributed by atoms with Gasteiger partial charge in [-0.25, -0.2) is 0 Å². The van der Waals surface area contributed by atoms with Crippen LogP contribution in [-0.4, -0.2) is 41.8 Å². The number of ether oxygens (including phenoxy) is 2. The van der Waals surface area contributed by atoms with Crippen LogP contribution in [0.2, 0.25) is 5.02 Å². The Morgan fingerprint density at radius 2 is 1.76 bits per heavy atom. The average Bonchev–Trinajstić information content (AvgIpc) is 3.42. The fraction of sp³-hybridized carbons (Fsp3) is 0.185. The van der Waals surface area contributed by atoms with Gasteiger partial charge in [-0.15, -0.1) is 0 Å². The van der Waals surface area contributed by atoms with Crippen LogP contribution in [0, 0.1) is 0 Å². The molecule has 1 N–H and O–H groups in total. The summed E-state index contributed by atoms with van der Waals surface area (Å²) in [6.07, 6.45) is 0.732. The van der Waals surface area contributed by atoms with Gasteiger partial charge in [0.15, 0.2) is 0 Å². The second kappa shape index (κ2) is 9.23. The molecule has 1 aromatic heterocycles. The number of nitrogens with one attached hydrogen (secondary N) is 1. The topological polar surface area (TPSA) is 67.5 Å². The summed E-state index contributed by atoms with van der Waals surface area (Å²) in [5.41, 5.74) is 4.99. The molecule has 0 saturated carbocycles. The Morgan fingerprint density at radius 1 is 1.00 bits per heavy atom. The summed E-state index contributed by atoms with van der Waals surface area (Å²) in [5, 5.41) is 8.17. The number of rotatable bonds is 7. The maximum absolute atomic E-state index is 13.6. The summed E-state index contributed by atoms with van der Waals surface area (Å²) in [6, 6.07) is 23.0. The van der Waals surface area contributed by atoms with Gasteiger partial charge in [-0.3, -0.25) is 9.89 Å². The molecule has 0 radical (unpaired) electrons. The Hall–Kier alpha value is -3.77. The quantitative estimate of drug-likeness (QED) is 0.383. The highest BCUT2D eigenvalue weighted by atomic mass is 35.5. The van der Waals surface area contributed by atoms with E-state index in [9.17, 15) is 4.79 Å². The molecule has 1 amide bonds. The number of carbonyl (C=O) groups excluding carboxylic acids is 1. The first-order valence-corrected chi connectivity index (χ1v) is 11.4. The van der Waals surface area contributed by atoms with E-state index in [1.54, 1.807) is 14.2 Å². The number of aromatic amines is 1. The molecule has 0 aliphatic carbocycles. The molecule has 7 heteroatoms. The monoisotopic (exact) mass is 473 g/mol. The summed E-state index contributed by atoms with van der Waals surface area (Å²) in [7, 11) is 3.24. The van der Waals surface area contributed by atoms with Gasteiger partial charge in [0.25, 0.3) is 5.91 Å². The molecule has 6 nitrogen and oxygen atoms in total. The number of carbonyl (C=O) groups is 1. The van der Waals surface area contributed by atoms with E-state index >= 15 is 0 Å². The van der Waals surface area contributed by atoms with Gasteiger partial charge >= 0.3 is 0 Å². The first-order valence-electron chi connectivity index (χ1n) is 11.0. The third-order valence-electron chi connectivity index (χ3n) is 6.20. The van der Waals surface area contributed by atoms with Crippen molar-refractivity contribution in [3.63, 3.8) is 0 Å². The largest absolute Gasteiger partial charge is 0.497 e. The van der Waals surface area contributed by atoms with Crippen LogP contribution in [0.5, 0.6) is 11.5 Å². The number of H-pyrrole nitrogens is 1. The van der Waals surface area contributed by atoms with Crippen LogP contribution in [0.1, 0.15) is 33.2 Å². The van der Waals surface area contributed by atoms with Crippen LogP contribution in [0.25, 0.3) is 11.3 Å². The van der Waals surface area contributed by atoms with Gasteiger partial charge in [-0.2, -0.15) is 5.10 Å². The lowest BCUT2D eigenvalue weighted by molar-refractivity contribution is 0.0744. The van der Waals surface area contributed by atoms with E-state index in [2.05, 4.69) is 22.3 Å². The van der Waals surface area contributed by atoms with E-state index in [1.165, 1.54) is 5.56 Å². The number of methoxy groups -OCH3 is 2. The minimum Gasteiger partial charge on any atom is -0.497 e. The molecular formula is C27H24ClN3O3. The molecule has 2 heterocycles. The van der Waals surface area contributed by atoms with Crippen molar-refractivity contribution in [1.82, 2.24) is 15.1 Å². The molecule has 1 atom stereocenters. The van der Waals surface area contributed by atoms with Crippen LogP contribution < -0.4 is 9.47 Å². The van der Waals surface area contributed by atoms with Crippen molar-refractivity contribution in [2.24, 2.45) is 0 Å². The van der Waals surface area contributed by atoms with Crippen molar-refractivity contribution in [2.75, 3.05) is 20.8 Å². The van der Waals surface area contributed by atoms with Crippen molar-refractivity contribution < 1.29 is 14.3 Å². The fourth-order valence-corrected chi connectivity index (χ4v) is 4.64. The zero-order valence-corrected chi connectivity index (χ0v) is 19.7. The smallest absolute Gasteiger partial charge is 0.273 e. The molecule has 1 aliphatic rings. The molecular weight excluding hydrogens is 450 g/mol. The summed E-state index contributed by atoms with van der Waals surface area (Å²) in [4.78, 5) is 15.5. The molecule has 5 rings (SSSR count). The number of halogens is 1. The first kappa shape index (κ1) is 22.0. The molecule has 3 aromatic carbocycles. The number of benzene rings is 3. The Balaban J connectivity index is 1.62. The standard InChI is InChI=1S/C27H24ClN3O3/c1-33-20-12-13-21(22(16-20)34-2)26-23-24(18-8-10-19(28)11-9-18)29-30-25(23)27(32)31(26)15-14-17-6-4-3-5-7-17/h3-13,16,26H,14-15H2,1-2H3,(H,29,30).